The minimum atomic E-state index is 0.216. The van der Waals surface area contributed by atoms with Gasteiger partial charge < -0.3 is 5.32 Å². The van der Waals surface area contributed by atoms with E-state index in [1.165, 1.54) is 16.0 Å². The fraction of sp³-hybridized carbons (Fsp3) is 0.333. The third kappa shape index (κ3) is 3.82. The lowest BCUT2D eigenvalue weighted by Crippen LogP contribution is -2.22. The molecule has 0 amide bonds. The van der Waals surface area contributed by atoms with Gasteiger partial charge in [0.1, 0.15) is 0 Å². The smallest absolute Gasteiger partial charge is 0.0888 e. The second kappa shape index (κ2) is 6.89. The third-order valence-electron chi connectivity index (χ3n) is 2.92. The molecule has 0 aliphatic carbocycles. The van der Waals surface area contributed by atoms with Crippen LogP contribution in [-0.2, 0) is 0 Å². The van der Waals surface area contributed by atoms with E-state index in [0.29, 0.717) is 0 Å². The van der Waals surface area contributed by atoms with Crippen molar-refractivity contribution < 1.29 is 0 Å². The van der Waals surface area contributed by atoms with Crippen LogP contribution in [0.5, 0.6) is 0 Å². The van der Waals surface area contributed by atoms with E-state index in [9.17, 15) is 0 Å². The largest absolute Gasteiger partial charge is 0.306 e. The molecule has 1 atom stereocenters. The van der Waals surface area contributed by atoms with Crippen molar-refractivity contribution in [2.24, 2.45) is 0 Å². The Balaban J connectivity index is 2.35. The van der Waals surface area contributed by atoms with Crippen LogP contribution in [0.1, 0.15) is 35.4 Å². The Hall–Kier alpha value is -0.350. The Morgan fingerprint density at radius 2 is 2.16 bits per heavy atom. The highest BCUT2D eigenvalue weighted by Crippen LogP contribution is 2.37. The molecule has 0 spiro atoms. The molecule has 1 N–H and O–H groups in total. The highest BCUT2D eigenvalue weighted by molar-refractivity contribution is 9.11. The molecule has 1 unspecified atom stereocenters. The molecular formula is C15H17BrClNS. The maximum atomic E-state index is 6.16. The third-order valence-corrected chi connectivity index (χ3v) is 5.46. The second-order valence-corrected chi connectivity index (χ2v) is 7.38. The number of rotatable bonds is 5. The van der Waals surface area contributed by atoms with Crippen LogP contribution in [0.15, 0.2) is 34.1 Å². The number of benzene rings is 1. The van der Waals surface area contributed by atoms with E-state index in [1.807, 2.05) is 6.07 Å². The zero-order valence-corrected chi connectivity index (χ0v) is 14.2. The summed E-state index contributed by atoms with van der Waals surface area (Å²) in [5, 5.41) is 4.39. The van der Waals surface area contributed by atoms with Crippen LogP contribution in [-0.4, -0.2) is 6.54 Å². The van der Waals surface area contributed by atoms with E-state index in [2.05, 4.69) is 59.4 Å². The molecule has 1 aromatic heterocycles. The van der Waals surface area contributed by atoms with Crippen LogP contribution < -0.4 is 5.32 Å². The SMILES string of the molecule is CCCNC(c1cccc(C)c1)c1cc(Cl)c(Br)s1. The monoisotopic (exact) mass is 357 g/mol. The van der Waals surface area contributed by atoms with Crippen molar-refractivity contribution in [3.8, 4) is 0 Å². The van der Waals surface area contributed by atoms with Gasteiger partial charge in [0.15, 0.2) is 0 Å². The number of nitrogens with one attached hydrogen (secondary N) is 1. The average molecular weight is 359 g/mol. The summed E-state index contributed by atoms with van der Waals surface area (Å²) in [5.41, 5.74) is 2.57. The molecule has 1 heterocycles. The molecule has 1 nitrogen and oxygen atoms in total. The lowest BCUT2D eigenvalue weighted by atomic mass is 10.0. The molecule has 4 heteroatoms. The molecule has 102 valence electrons. The number of hydrogen-bond donors (Lipinski definition) is 1. The van der Waals surface area contributed by atoms with Gasteiger partial charge in [-0.1, -0.05) is 48.4 Å². The summed E-state index contributed by atoms with van der Waals surface area (Å²) in [6, 6.07) is 10.9. The summed E-state index contributed by atoms with van der Waals surface area (Å²) >= 11 is 11.4. The summed E-state index contributed by atoms with van der Waals surface area (Å²) < 4.78 is 1.00. The van der Waals surface area contributed by atoms with Gasteiger partial charge in [-0.05, 0) is 47.4 Å². The molecule has 1 aromatic carbocycles. The van der Waals surface area contributed by atoms with Gasteiger partial charge in [-0.3, -0.25) is 0 Å². The Labute approximate surface area is 132 Å². The van der Waals surface area contributed by atoms with Gasteiger partial charge in [0.2, 0.25) is 0 Å². The number of halogens is 2. The highest BCUT2D eigenvalue weighted by Gasteiger charge is 2.17. The van der Waals surface area contributed by atoms with Gasteiger partial charge in [0.25, 0.3) is 0 Å². The predicted octanol–water partition coefficient (Wildman–Crippen LogP) is 5.56. The summed E-state index contributed by atoms with van der Waals surface area (Å²) in [4.78, 5) is 1.25. The standard InChI is InChI=1S/C15H17BrClNS/c1-3-7-18-14(11-6-4-5-10(2)8-11)13-9-12(17)15(16)19-13/h4-6,8-9,14,18H,3,7H2,1-2H3. The van der Waals surface area contributed by atoms with E-state index >= 15 is 0 Å². The molecule has 2 aromatic rings. The van der Waals surface area contributed by atoms with E-state index < -0.39 is 0 Å². The Bertz CT molecular complexity index is 533. The molecular weight excluding hydrogens is 342 g/mol. The molecule has 2 rings (SSSR count). The summed E-state index contributed by atoms with van der Waals surface area (Å²) in [6.45, 7) is 5.29. The lowest BCUT2D eigenvalue weighted by molar-refractivity contribution is 0.605. The van der Waals surface area contributed by atoms with Crippen molar-refractivity contribution in [3.05, 3.63) is 55.1 Å². The molecule has 0 bridgehead atoms. The minimum absolute atomic E-state index is 0.216. The Morgan fingerprint density at radius 3 is 2.74 bits per heavy atom. The van der Waals surface area contributed by atoms with Gasteiger partial charge >= 0.3 is 0 Å². The maximum Gasteiger partial charge on any atom is 0.0888 e. The first-order chi connectivity index (χ1) is 9.11. The summed E-state index contributed by atoms with van der Waals surface area (Å²) in [6.07, 6.45) is 1.11. The first-order valence-corrected chi connectivity index (χ1v) is 8.35. The van der Waals surface area contributed by atoms with Crippen molar-refractivity contribution in [1.29, 1.82) is 0 Å². The fourth-order valence-electron chi connectivity index (χ4n) is 2.03. The van der Waals surface area contributed by atoms with Gasteiger partial charge in [-0.2, -0.15) is 0 Å². The zero-order chi connectivity index (χ0) is 13.8. The highest BCUT2D eigenvalue weighted by atomic mass is 79.9. The van der Waals surface area contributed by atoms with Crippen molar-refractivity contribution in [1.82, 2.24) is 5.32 Å². The maximum absolute atomic E-state index is 6.16. The van der Waals surface area contributed by atoms with E-state index in [4.69, 9.17) is 11.6 Å². The van der Waals surface area contributed by atoms with Crippen LogP contribution in [0.4, 0.5) is 0 Å². The fourth-order valence-corrected chi connectivity index (χ4v) is 3.88. The molecule has 19 heavy (non-hydrogen) atoms. The average Bonchev–Trinajstić information content (AvgIpc) is 2.70. The van der Waals surface area contributed by atoms with Crippen LogP contribution in [0.3, 0.4) is 0 Å². The number of aryl methyl sites for hydroxylation is 1. The number of thiophene rings is 1. The second-order valence-electron chi connectivity index (χ2n) is 4.57. The summed E-state index contributed by atoms with van der Waals surface area (Å²) in [5.74, 6) is 0. The summed E-state index contributed by atoms with van der Waals surface area (Å²) in [7, 11) is 0. The molecule has 0 saturated carbocycles. The van der Waals surface area contributed by atoms with Gasteiger partial charge in [0.05, 0.1) is 14.9 Å². The zero-order valence-electron chi connectivity index (χ0n) is 11.0. The van der Waals surface area contributed by atoms with Crippen molar-refractivity contribution in [2.45, 2.75) is 26.3 Å². The molecule has 0 aliphatic rings. The van der Waals surface area contributed by atoms with E-state index in [1.54, 1.807) is 11.3 Å². The van der Waals surface area contributed by atoms with Crippen LogP contribution in [0.2, 0.25) is 5.02 Å². The lowest BCUT2D eigenvalue weighted by Gasteiger charge is -2.18. The molecule has 0 radical (unpaired) electrons. The van der Waals surface area contributed by atoms with Crippen LogP contribution in [0.25, 0.3) is 0 Å². The van der Waals surface area contributed by atoms with Crippen molar-refractivity contribution >= 4 is 38.9 Å². The quantitative estimate of drug-likeness (QED) is 0.737. The van der Waals surface area contributed by atoms with Crippen LogP contribution >= 0.6 is 38.9 Å². The Morgan fingerprint density at radius 1 is 1.37 bits per heavy atom. The normalized spacial score (nSPS) is 12.6. The van der Waals surface area contributed by atoms with E-state index in [-0.39, 0.29) is 6.04 Å². The molecule has 0 fully saturated rings. The van der Waals surface area contributed by atoms with Crippen LogP contribution in [0, 0.1) is 6.92 Å². The Kier molecular flexibility index (Phi) is 5.46. The topological polar surface area (TPSA) is 12.0 Å². The van der Waals surface area contributed by atoms with Crippen molar-refractivity contribution in [2.75, 3.05) is 6.54 Å². The van der Waals surface area contributed by atoms with Gasteiger partial charge in [0, 0.05) is 4.88 Å². The molecule has 0 aliphatic heterocycles. The van der Waals surface area contributed by atoms with E-state index in [0.717, 1.165) is 21.8 Å². The van der Waals surface area contributed by atoms with Gasteiger partial charge in [-0.25, -0.2) is 0 Å². The van der Waals surface area contributed by atoms with Crippen molar-refractivity contribution in [3.63, 3.8) is 0 Å². The molecule has 0 saturated heterocycles. The number of hydrogen-bond acceptors (Lipinski definition) is 2. The first kappa shape index (κ1) is 15.0. The predicted molar refractivity (Wildman–Crippen MR) is 88.3 cm³/mol. The minimum Gasteiger partial charge on any atom is -0.306 e. The first-order valence-electron chi connectivity index (χ1n) is 6.36. The van der Waals surface area contributed by atoms with Gasteiger partial charge in [-0.15, -0.1) is 11.3 Å².